The SMILES string of the molecule is Cc1cc(Br)cc(-n2cncc2C2CCNC2)c1. The first-order valence-corrected chi connectivity index (χ1v) is 7.04. The maximum Gasteiger partial charge on any atom is 0.0994 e. The summed E-state index contributed by atoms with van der Waals surface area (Å²) in [6.45, 7) is 4.27. The van der Waals surface area contributed by atoms with Crippen LogP contribution in [0.5, 0.6) is 0 Å². The smallest absolute Gasteiger partial charge is 0.0994 e. The molecule has 1 fully saturated rings. The molecule has 3 nitrogen and oxygen atoms in total. The minimum absolute atomic E-state index is 0.576. The maximum absolute atomic E-state index is 4.32. The van der Waals surface area contributed by atoms with Crippen molar-refractivity contribution in [3.8, 4) is 5.69 Å². The van der Waals surface area contributed by atoms with Crippen LogP contribution < -0.4 is 5.32 Å². The number of aryl methyl sites for hydroxylation is 1. The van der Waals surface area contributed by atoms with Gasteiger partial charge in [0.2, 0.25) is 0 Å². The third-order valence-electron chi connectivity index (χ3n) is 3.45. The van der Waals surface area contributed by atoms with Crippen molar-refractivity contribution in [2.24, 2.45) is 0 Å². The van der Waals surface area contributed by atoms with Gasteiger partial charge in [0.05, 0.1) is 6.33 Å². The molecule has 2 heterocycles. The van der Waals surface area contributed by atoms with Gasteiger partial charge in [0, 0.05) is 34.5 Å². The molecule has 0 aliphatic carbocycles. The third-order valence-corrected chi connectivity index (χ3v) is 3.91. The lowest BCUT2D eigenvalue weighted by molar-refractivity contribution is 0.713. The van der Waals surface area contributed by atoms with Crippen LogP contribution in [0.15, 0.2) is 35.2 Å². The molecule has 0 radical (unpaired) electrons. The zero-order valence-corrected chi connectivity index (χ0v) is 11.9. The van der Waals surface area contributed by atoms with E-state index in [1.807, 2.05) is 12.5 Å². The summed E-state index contributed by atoms with van der Waals surface area (Å²) < 4.78 is 3.32. The summed E-state index contributed by atoms with van der Waals surface area (Å²) in [5.74, 6) is 0.576. The van der Waals surface area contributed by atoms with E-state index in [-0.39, 0.29) is 0 Å². The molecule has 1 aliphatic heterocycles. The fourth-order valence-corrected chi connectivity index (χ4v) is 3.18. The highest BCUT2D eigenvalue weighted by molar-refractivity contribution is 9.10. The third kappa shape index (κ3) is 2.22. The van der Waals surface area contributed by atoms with Gasteiger partial charge < -0.3 is 9.88 Å². The van der Waals surface area contributed by atoms with Gasteiger partial charge in [-0.1, -0.05) is 15.9 Å². The van der Waals surface area contributed by atoms with Gasteiger partial charge in [0.1, 0.15) is 0 Å². The van der Waals surface area contributed by atoms with Crippen molar-refractivity contribution in [1.82, 2.24) is 14.9 Å². The lowest BCUT2D eigenvalue weighted by Gasteiger charge is -2.13. The van der Waals surface area contributed by atoms with Gasteiger partial charge in [0.25, 0.3) is 0 Å². The average molecular weight is 306 g/mol. The number of nitrogens with zero attached hydrogens (tertiary/aromatic N) is 2. The van der Waals surface area contributed by atoms with Crippen molar-refractivity contribution in [3.05, 3.63) is 46.5 Å². The Morgan fingerprint density at radius 2 is 2.28 bits per heavy atom. The summed E-state index contributed by atoms with van der Waals surface area (Å²) in [6, 6.07) is 6.45. The summed E-state index contributed by atoms with van der Waals surface area (Å²) in [6.07, 6.45) is 5.10. The quantitative estimate of drug-likeness (QED) is 0.924. The van der Waals surface area contributed by atoms with Gasteiger partial charge in [-0.05, 0) is 43.7 Å². The first-order valence-electron chi connectivity index (χ1n) is 6.24. The number of hydrogen-bond acceptors (Lipinski definition) is 2. The Kier molecular flexibility index (Phi) is 3.22. The Morgan fingerprint density at radius 1 is 1.39 bits per heavy atom. The van der Waals surface area contributed by atoms with Crippen LogP contribution in [-0.2, 0) is 0 Å². The number of benzene rings is 1. The van der Waals surface area contributed by atoms with E-state index in [2.05, 4.69) is 55.9 Å². The predicted octanol–water partition coefficient (Wildman–Crippen LogP) is 3.02. The molecule has 1 saturated heterocycles. The second-order valence-corrected chi connectivity index (χ2v) is 5.78. The zero-order valence-electron chi connectivity index (χ0n) is 10.4. The van der Waals surface area contributed by atoms with Crippen LogP contribution in [0, 0.1) is 6.92 Å². The average Bonchev–Trinajstić information content (AvgIpc) is 2.98. The fraction of sp³-hybridized carbons (Fsp3) is 0.357. The van der Waals surface area contributed by atoms with Crippen LogP contribution >= 0.6 is 15.9 Å². The highest BCUT2D eigenvalue weighted by Crippen LogP contribution is 2.26. The number of hydrogen-bond donors (Lipinski definition) is 1. The van der Waals surface area contributed by atoms with Gasteiger partial charge in [0.15, 0.2) is 0 Å². The van der Waals surface area contributed by atoms with Crippen molar-refractivity contribution >= 4 is 15.9 Å². The normalized spacial score (nSPS) is 19.3. The molecule has 1 atom stereocenters. The van der Waals surface area contributed by atoms with E-state index in [4.69, 9.17) is 0 Å². The molecule has 4 heteroatoms. The van der Waals surface area contributed by atoms with E-state index in [0.717, 1.165) is 17.6 Å². The molecule has 1 aromatic heterocycles. The maximum atomic E-state index is 4.32. The highest BCUT2D eigenvalue weighted by Gasteiger charge is 2.20. The summed E-state index contributed by atoms with van der Waals surface area (Å²) in [5.41, 5.74) is 3.74. The Morgan fingerprint density at radius 3 is 3.00 bits per heavy atom. The van der Waals surface area contributed by atoms with E-state index in [0.29, 0.717) is 5.92 Å². The fourth-order valence-electron chi connectivity index (χ4n) is 2.59. The number of halogens is 1. The van der Waals surface area contributed by atoms with Gasteiger partial charge in [-0.25, -0.2) is 4.98 Å². The van der Waals surface area contributed by atoms with E-state index >= 15 is 0 Å². The van der Waals surface area contributed by atoms with Crippen molar-refractivity contribution in [1.29, 1.82) is 0 Å². The Hall–Kier alpha value is -1.13. The molecule has 3 rings (SSSR count). The molecule has 94 valence electrons. The van der Waals surface area contributed by atoms with Gasteiger partial charge >= 0.3 is 0 Å². The standard InChI is InChI=1S/C14H16BrN3/c1-10-4-12(15)6-13(5-10)18-9-17-8-14(18)11-2-3-16-7-11/h4-6,8-9,11,16H,2-3,7H2,1H3. The first kappa shape index (κ1) is 11.9. The van der Waals surface area contributed by atoms with Crippen molar-refractivity contribution < 1.29 is 0 Å². The molecule has 1 N–H and O–H groups in total. The lowest BCUT2D eigenvalue weighted by Crippen LogP contribution is -2.10. The minimum Gasteiger partial charge on any atom is -0.316 e. The molecular weight excluding hydrogens is 290 g/mol. The zero-order chi connectivity index (χ0) is 12.5. The summed E-state index contributed by atoms with van der Waals surface area (Å²) in [5, 5.41) is 3.41. The van der Waals surface area contributed by atoms with Crippen LogP contribution in [-0.4, -0.2) is 22.6 Å². The Balaban J connectivity index is 2.03. The van der Waals surface area contributed by atoms with E-state index in [9.17, 15) is 0 Å². The first-order chi connectivity index (χ1) is 8.74. The molecule has 2 aromatic rings. The molecule has 18 heavy (non-hydrogen) atoms. The Bertz CT molecular complexity index is 536. The van der Waals surface area contributed by atoms with Crippen molar-refractivity contribution in [2.75, 3.05) is 13.1 Å². The van der Waals surface area contributed by atoms with E-state index < -0.39 is 0 Å². The van der Waals surface area contributed by atoms with E-state index in [1.54, 1.807) is 0 Å². The summed E-state index contributed by atoms with van der Waals surface area (Å²) in [4.78, 5) is 4.32. The molecule has 0 spiro atoms. The minimum atomic E-state index is 0.576. The molecular formula is C14H16BrN3. The van der Waals surface area contributed by atoms with Gasteiger partial charge in [-0.3, -0.25) is 0 Å². The highest BCUT2D eigenvalue weighted by atomic mass is 79.9. The molecule has 0 amide bonds. The van der Waals surface area contributed by atoms with Crippen LogP contribution in [0.3, 0.4) is 0 Å². The number of nitrogens with one attached hydrogen (secondary N) is 1. The summed E-state index contributed by atoms with van der Waals surface area (Å²) in [7, 11) is 0. The number of rotatable bonds is 2. The van der Waals surface area contributed by atoms with Crippen molar-refractivity contribution in [2.45, 2.75) is 19.3 Å². The molecule has 0 saturated carbocycles. The Labute approximate surface area is 115 Å². The molecule has 1 aromatic carbocycles. The predicted molar refractivity (Wildman–Crippen MR) is 76.2 cm³/mol. The molecule has 0 bridgehead atoms. The van der Waals surface area contributed by atoms with Crippen molar-refractivity contribution in [3.63, 3.8) is 0 Å². The topological polar surface area (TPSA) is 29.9 Å². The van der Waals surface area contributed by atoms with Crippen LogP contribution in [0.25, 0.3) is 5.69 Å². The molecule has 1 aliphatic rings. The second-order valence-electron chi connectivity index (χ2n) is 4.87. The number of imidazole rings is 1. The van der Waals surface area contributed by atoms with Gasteiger partial charge in [-0.15, -0.1) is 0 Å². The van der Waals surface area contributed by atoms with Crippen LogP contribution in [0.4, 0.5) is 0 Å². The van der Waals surface area contributed by atoms with Crippen LogP contribution in [0.1, 0.15) is 23.6 Å². The van der Waals surface area contributed by atoms with E-state index in [1.165, 1.54) is 23.4 Å². The molecule has 1 unspecified atom stereocenters. The lowest BCUT2D eigenvalue weighted by atomic mass is 10.1. The number of aromatic nitrogens is 2. The van der Waals surface area contributed by atoms with Gasteiger partial charge in [-0.2, -0.15) is 0 Å². The summed E-state index contributed by atoms with van der Waals surface area (Å²) >= 11 is 3.56. The second kappa shape index (κ2) is 4.86. The monoisotopic (exact) mass is 305 g/mol. The largest absolute Gasteiger partial charge is 0.316 e. The van der Waals surface area contributed by atoms with Crippen LogP contribution in [0.2, 0.25) is 0 Å².